The molecule has 0 aromatic carbocycles. The predicted molar refractivity (Wildman–Crippen MR) is 72.8 cm³/mol. The van der Waals surface area contributed by atoms with Gasteiger partial charge in [0.2, 0.25) is 0 Å². The number of carbonyl (C=O) groups excluding carboxylic acids is 1. The maximum absolute atomic E-state index is 12.7. The summed E-state index contributed by atoms with van der Waals surface area (Å²) in [4.78, 5) is 15.5. The number of rotatable bonds is 4. The molecular weight excluding hydrogens is 261 g/mol. The SMILES string of the molecule is Cc1cc(CC(C)NC(=O)Nc2ccc(F)cn2)n[nH]1. The van der Waals surface area contributed by atoms with E-state index in [1.165, 1.54) is 12.1 Å². The minimum absolute atomic E-state index is 0.0850. The van der Waals surface area contributed by atoms with Gasteiger partial charge in [-0.05, 0) is 32.0 Å². The standard InChI is InChI=1S/C13H16FN5O/c1-8(5-11-6-9(2)18-19-11)16-13(20)17-12-4-3-10(14)7-15-12/h3-4,6-8H,5H2,1-2H3,(H,18,19)(H2,15,16,17,20). The van der Waals surface area contributed by atoms with Crippen molar-refractivity contribution in [2.24, 2.45) is 0 Å². The number of pyridine rings is 1. The van der Waals surface area contributed by atoms with E-state index in [0.29, 0.717) is 12.2 Å². The van der Waals surface area contributed by atoms with Crippen molar-refractivity contribution < 1.29 is 9.18 Å². The van der Waals surface area contributed by atoms with Crippen molar-refractivity contribution in [2.45, 2.75) is 26.3 Å². The van der Waals surface area contributed by atoms with Gasteiger partial charge in [-0.2, -0.15) is 5.10 Å². The van der Waals surface area contributed by atoms with Crippen LogP contribution in [0.5, 0.6) is 0 Å². The van der Waals surface area contributed by atoms with Gasteiger partial charge in [0.15, 0.2) is 0 Å². The summed E-state index contributed by atoms with van der Waals surface area (Å²) in [5, 5.41) is 12.3. The van der Waals surface area contributed by atoms with Crippen LogP contribution in [0.4, 0.5) is 15.0 Å². The summed E-state index contributed by atoms with van der Waals surface area (Å²) < 4.78 is 12.7. The molecular formula is C13H16FN5O. The quantitative estimate of drug-likeness (QED) is 0.799. The Labute approximate surface area is 115 Å². The van der Waals surface area contributed by atoms with Gasteiger partial charge in [-0.3, -0.25) is 10.4 Å². The summed E-state index contributed by atoms with van der Waals surface area (Å²) in [6.07, 6.45) is 1.67. The van der Waals surface area contributed by atoms with Crippen LogP contribution in [0.3, 0.4) is 0 Å². The molecule has 2 aromatic heterocycles. The number of nitrogens with one attached hydrogen (secondary N) is 3. The molecule has 2 amide bonds. The fourth-order valence-electron chi connectivity index (χ4n) is 1.77. The molecule has 2 heterocycles. The first kappa shape index (κ1) is 14.0. The van der Waals surface area contributed by atoms with Crippen LogP contribution in [0.25, 0.3) is 0 Å². The zero-order valence-corrected chi connectivity index (χ0v) is 11.3. The van der Waals surface area contributed by atoms with E-state index in [1.54, 1.807) is 0 Å². The number of amides is 2. The van der Waals surface area contributed by atoms with Crippen molar-refractivity contribution in [1.29, 1.82) is 0 Å². The Bertz CT molecular complexity index is 581. The van der Waals surface area contributed by atoms with Crippen LogP contribution in [0, 0.1) is 12.7 Å². The van der Waals surface area contributed by atoms with Gasteiger partial charge in [0.1, 0.15) is 11.6 Å². The molecule has 6 nitrogen and oxygen atoms in total. The highest BCUT2D eigenvalue weighted by molar-refractivity contribution is 5.88. The third-order valence-electron chi connectivity index (χ3n) is 2.62. The predicted octanol–water partition coefficient (Wildman–Crippen LogP) is 2.00. The molecule has 0 bridgehead atoms. The average molecular weight is 277 g/mol. The molecule has 2 aromatic rings. The van der Waals surface area contributed by atoms with Gasteiger partial charge in [0.05, 0.1) is 11.9 Å². The Balaban J connectivity index is 1.83. The summed E-state index contributed by atoms with van der Waals surface area (Å²) in [5.74, 6) is -0.148. The monoisotopic (exact) mass is 277 g/mol. The Morgan fingerprint density at radius 2 is 2.30 bits per heavy atom. The number of anilines is 1. The fourth-order valence-corrected chi connectivity index (χ4v) is 1.77. The molecule has 0 aliphatic rings. The molecule has 0 saturated carbocycles. The average Bonchev–Trinajstić information content (AvgIpc) is 2.77. The lowest BCUT2D eigenvalue weighted by molar-refractivity contribution is 0.249. The second-order valence-electron chi connectivity index (χ2n) is 4.61. The van der Waals surface area contributed by atoms with Gasteiger partial charge in [-0.15, -0.1) is 0 Å². The number of carbonyl (C=O) groups is 1. The third kappa shape index (κ3) is 4.04. The Kier molecular flexibility index (Phi) is 4.29. The van der Waals surface area contributed by atoms with Gasteiger partial charge in [0, 0.05) is 18.2 Å². The molecule has 3 N–H and O–H groups in total. The third-order valence-corrected chi connectivity index (χ3v) is 2.62. The van der Waals surface area contributed by atoms with E-state index in [-0.39, 0.29) is 12.1 Å². The molecule has 106 valence electrons. The van der Waals surface area contributed by atoms with Crippen molar-refractivity contribution in [3.63, 3.8) is 0 Å². The summed E-state index contributed by atoms with van der Waals surface area (Å²) in [7, 11) is 0. The second kappa shape index (κ2) is 6.14. The smallest absolute Gasteiger partial charge is 0.320 e. The summed E-state index contributed by atoms with van der Waals surface area (Å²) in [5.41, 5.74) is 1.86. The van der Waals surface area contributed by atoms with Gasteiger partial charge >= 0.3 is 6.03 Å². The molecule has 0 radical (unpaired) electrons. The lowest BCUT2D eigenvalue weighted by atomic mass is 10.2. The number of hydrogen-bond donors (Lipinski definition) is 3. The minimum atomic E-state index is -0.446. The van der Waals surface area contributed by atoms with Gasteiger partial charge in [0.25, 0.3) is 0 Å². The van der Waals surface area contributed by atoms with Gasteiger partial charge in [-0.1, -0.05) is 0 Å². The molecule has 1 unspecified atom stereocenters. The fraction of sp³-hybridized carbons (Fsp3) is 0.308. The van der Waals surface area contributed by atoms with Gasteiger partial charge in [-0.25, -0.2) is 14.2 Å². The van der Waals surface area contributed by atoms with Crippen molar-refractivity contribution in [3.8, 4) is 0 Å². The molecule has 0 aliphatic heterocycles. The number of H-pyrrole nitrogens is 1. The number of aryl methyl sites for hydroxylation is 1. The van der Waals surface area contributed by atoms with E-state index >= 15 is 0 Å². The number of aromatic amines is 1. The minimum Gasteiger partial charge on any atom is -0.335 e. The molecule has 1 atom stereocenters. The maximum atomic E-state index is 12.7. The second-order valence-corrected chi connectivity index (χ2v) is 4.61. The molecule has 0 spiro atoms. The number of halogens is 1. The summed E-state index contributed by atoms with van der Waals surface area (Å²) in [6.45, 7) is 3.79. The molecule has 0 aliphatic carbocycles. The van der Waals surface area contributed by atoms with Crippen LogP contribution >= 0.6 is 0 Å². The van der Waals surface area contributed by atoms with E-state index in [2.05, 4.69) is 25.8 Å². The lowest BCUT2D eigenvalue weighted by Crippen LogP contribution is -2.37. The number of hydrogen-bond acceptors (Lipinski definition) is 3. The largest absolute Gasteiger partial charge is 0.335 e. The van der Waals surface area contributed by atoms with Crippen LogP contribution < -0.4 is 10.6 Å². The van der Waals surface area contributed by atoms with Crippen LogP contribution in [-0.2, 0) is 6.42 Å². The first-order valence-corrected chi connectivity index (χ1v) is 6.23. The normalized spacial score (nSPS) is 11.9. The molecule has 20 heavy (non-hydrogen) atoms. The van der Waals surface area contributed by atoms with E-state index < -0.39 is 5.82 Å². The highest BCUT2D eigenvalue weighted by Crippen LogP contribution is 2.04. The van der Waals surface area contributed by atoms with Crippen LogP contribution in [0.2, 0.25) is 0 Å². The lowest BCUT2D eigenvalue weighted by Gasteiger charge is -2.13. The first-order chi connectivity index (χ1) is 9.52. The van der Waals surface area contributed by atoms with E-state index in [1.807, 2.05) is 19.9 Å². The molecule has 7 heteroatoms. The summed E-state index contributed by atoms with van der Waals surface area (Å²) >= 11 is 0. The van der Waals surface area contributed by atoms with Crippen molar-refractivity contribution in [2.75, 3.05) is 5.32 Å². The molecule has 0 fully saturated rings. The number of urea groups is 1. The highest BCUT2D eigenvalue weighted by Gasteiger charge is 2.10. The molecule has 2 rings (SSSR count). The zero-order chi connectivity index (χ0) is 14.5. The van der Waals surface area contributed by atoms with E-state index in [0.717, 1.165) is 17.6 Å². The Hall–Kier alpha value is -2.44. The molecule has 0 saturated heterocycles. The van der Waals surface area contributed by atoms with E-state index in [9.17, 15) is 9.18 Å². The maximum Gasteiger partial charge on any atom is 0.320 e. The van der Waals surface area contributed by atoms with Crippen LogP contribution in [0.15, 0.2) is 24.4 Å². The zero-order valence-electron chi connectivity index (χ0n) is 11.3. The van der Waals surface area contributed by atoms with Crippen molar-refractivity contribution >= 4 is 11.8 Å². The van der Waals surface area contributed by atoms with Crippen LogP contribution in [0.1, 0.15) is 18.3 Å². The Morgan fingerprint density at radius 1 is 1.50 bits per heavy atom. The number of nitrogens with zero attached hydrogens (tertiary/aromatic N) is 2. The van der Waals surface area contributed by atoms with E-state index in [4.69, 9.17) is 0 Å². The Morgan fingerprint density at radius 3 is 2.90 bits per heavy atom. The summed E-state index contributed by atoms with van der Waals surface area (Å²) in [6, 6.07) is 4.09. The van der Waals surface area contributed by atoms with Crippen molar-refractivity contribution in [1.82, 2.24) is 20.5 Å². The number of aromatic nitrogens is 3. The topological polar surface area (TPSA) is 82.7 Å². The van der Waals surface area contributed by atoms with Crippen molar-refractivity contribution in [3.05, 3.63) is 41.6 Å². The first-order valence-electron chi connectivity index (χ1n) is 6.23. The van der Waals surface area contributed by atoms with Gasteiger partial charge < -0.3 is 5.32 Å². The highest BCUT2D eigenvalue weighted by atomic mass is 19.1. The van der Waals surface area contributed by atoms with Crippen LogP contribution in [-0.4, -0.2) is 27.3 Å².